The number of rotatable bonds is 2. The molecule has 2 rings (SSSR count). The van der Waals surface area contributed by atoms with Gasteiger partial charge in [-0.1, -0.05) is 43.3 Å². The van der Waals surface area contributed by atoms with Gasteiger partial charge in [-0.3, -0.25) is 0 Å². The molecule has 15 heavy (non-hydrogen) atoms. The van der Waals surface area contributed by atoms with Crippen LogP contribution in [-0.2, 0) is 11.2 Å². The smallest absolute Gasteiger partial charge is 0.0832 e. The Morgan fingerprint density at radius 3 is 2.73 bits per heavy atom. The average molecular weight is 202 g/mol. The standard InChI is InChI=1S/C14H18O/c1-2-12-7-9-13(10-8-12)14-6-4-3-5-11-15-14/h3,5,7-10,14H,2,4,6,11H2,1H3. The molecule has 0 bridgehead atoms. The van der Waals surface area contributed by atoms with Gasteiger partial charge in [0.15, 0.2) is 0 Å². The van der Waals surface area contributed by atoms with E-state index in [0.717, 1.165) is 25.9 Å². The second-order valence-corrected chi connectivity index (χ2v) is 3.97. The molecular weight excluding hydrogens is 184 g/mol. The van der Waals surface area contributed by atoms with Crippen molar-refractivity contribution in [1.29, 1.82) is 0 Å². The zero-order valence-electron chi connectivity index (χ0n) is 9.28. The van der Waals surface area contributed by atoms with Crippen LogP contribution in [0.3, 0.4) is 0 Å². The fraction of sp³-hybridized carbons (Fsp3) is 0.429. The summed E-state index contributed by atoms with van der Waals surface area (Å²) in [6.45, 7) is 2.93. The topological polar surface area (TPSA) is 9.23 Å². The van der Waals surface area contributed by atoms with Crippen LogP contribution in [0.25, 0.3) is 0 Å². The molecule has 1 aromatic rings. The summed E-state index contributed by atoms with van der Waals surface area (Å²) >= 11 is 0. The number of benzene rings is 1. The van der Waals surface area contributed by atoms with Crippen molar-refractivity contribution < 1.29 is 4.74 Å². The zero-order valence-corrected chi connectivity index (χ0v) is 9.28. The first-order valence-electron chi connectivity index (χ1n) is 5.75. The average Bonchev–Trinajstić information content (AvgIpc) is 2.58. The number of ether oxygens (including phenoxy) is 1. The van der Waals surface area contributed by atoms with Crippen molar-refractivity contribution in [2.75, 3.05) is 6.61 Å². The maximum atomic E-state index is 5.78. The Morgan fingerprint density at radius 2 is 2.00 bits per heavy atom. The molecule has 0 saturated heterocycles. The summed E-state index contributed by atoms with van der Waals surface area (Å²) in [6.07, 6.45) is 7.93. The minimum atomic E-state index is 0.283. The van der Waals surface area contributed by atoms with Crippen LogP contribution in [-0.4, -0.2) is 6.61 Å². The Balaban J connectivity index is 2.07. The van der Waals surface area contributed by atoms with Gasteiger partial charge in [0.2, 0.25) is 0 Å². The summed E-state index contributed by atoms with van der Waals surface area (Å²) in [7, 11) is 0. The van der Waals surface area contributed by atoms with Crippen LogP contribution in [0.5, 0.6) is 0 Å². The number of hydrogen-bond acceptors (Lipinski definition) is 1. The lowest BCUT2D eigenvalue weighted by Crippen LogP contribution is -2.02. The second kappa shape index (κ2) is 5.13. The molecular formula is C14H18O. The van der Waals surface area contributed by atoms with Crippen LogP contribution < -0.4 is 0 Å². The fourth-order valence-corrected chi connectivity index (χ4v) is 1.92. The van der Waals surface area contributed by atoms with Gasteiger partial charge in [-0.2, -0.15) is 0 Å². The minimum absolute atomic E-state index is 0.283. The maximum Gasteiger partial charge on any atom is 0.0832 e. The van der Waals surface area contributed by atoms with E-state index in [-0.39, 0.29) is 6.10 Å². The van der Waals surface area contributed by atoms with E-state index in [9.17, 15) is 0 Å². The molecule has 1 aromatic carbocycles. The molecule has 0 saturated carbocycles. The largest absolute Gasteiger partial charge is 0.369 e. The molecule has 1 heteroatoms. The van der Waals surface area contributed by atoms with Gasteiger partial charge in [0, 0.05) is 0 Å². The lowest BCUT2D eigenvalue weighted by atomic mass is 10.0. The molecule has 1 heterocycles. The van der Waals surface area contributed by atoms with Crippen LogP contribution in [0.4, 0.5) is 0 Å². The van der Waals surface area contributed by atoms with Gasteiger partial charge in [0.25, 0.3) is 0 Å². The molecule has 0 spiro atoms. The molecule has 80 valence electrons. The Bertz CT molecular complexity index is 314. The van der Waals surface area contributed by atoms with Gasteiger partial charge in [0.1, 0.15) is 0 Å². The quantitative estimate of drug-likeness (QED) is 0.665. The van der Waals surface area contributed by atoms with Crippen LogP contribution in [0.1, 0.15) is 37.0 Å². The number of allylic oxidation sites excluding steroid dienone is 1. The lowest BCUT2D eigenvalue weighted by Gasteiger charge is -2.15. The van der Waals surface area contributed by atoms with Gasteiger partial charge in [0.05, 0.1) is 12.7 Å². The fourth-order valence-electron chi connectivity index (χ4n) is 1.92. The third-order valence-corrected chi connectivity index (χ3v) is 2.92. The van der Waals surface area contributed by atoms with E-state index in [1.54, 1.807) is 0 Å². The molecule has 0 fully saturated rings. The van der Waals surface area contributed by atoms with Gasteiger partial charge >= 0.3 is 0 Å². The SMILES string of the molecule is CCc1ccc(C2CCC=CCO2)cc1. The van der Waals surface area contributed by atoms with Gasteiger partial charge in [-0.05, 0) is 30.4 Å². The Hall–Kier alpha value is -1.08. The highest BCUT2D eigenvalue weighted by molar-refractivity contribution is 5.24. The van der Waals surface area contributed by atoms with E-state index in [0.29, 0.717) is 0 Å². The Kier molecular flexibility index (Phi) is 3.57. The highest BCUT2D eigenvalue weighted by Gasteiger charge is 2.12. The van der Waals surface area contributed by atoms with E-state index in [4.69, 9.17) is 4.74 Å². The van der Waals surface area contributed by atoms with E-state index < -0.39 is 0 Å². The van der Waals surface area contributed by atoms with E-state index >= 15 is 0 Å². The molecule has 0 radical (unpaired) electrons. The summed E-state index contributed by atoms with van der Waals surface area (Å²) in [5.74, 6) is 0. The lowest BCUT2D eigenvalue weighted by molar-refractivity contribution is 0.0725. The van der Waals surface area contributed by atoms with Crippen molar-refractivity contribution in [3.8, 4) is 0 Å². The monoisotopic (exact) mass is 202 g/mol. The number of aryl methyl sites for hydroxylation is 1. The first kappa shape index (κ1) is 10.4. The Labute approximate surface area is 91.8 Å². The summed E-state index contributed by atoms with van der Waals surface area (Å²) in [5.41, 5.74) is 2.71. The van der Waals surface area contributed by atoms with Crippen LogP contribution in [0, 0.1) is 0 Å². The third-order valence-electron chi connectivity index (χ3n) is 2.92. The first-order valence-corrected chi connectivity index (χ1v) is 5.75. The van der Waals surface area contributed by atoms with E-state index in [2.05, 4.69) is 43.3 Å². The normalized spacial score (nSPS) is 21.3. The number of hydrogen-bond donors (Lipinski definition) is 0. The third kappa shape index (κ3) is 2.69. The molecule has 0 amide bonds. The molecule has 1 unspecified atom stereocenters. The summed E-state index contributed by atoms with van der Waals surface area (Å²) < 4.78 is 5.78. The minimum Gasteiger partial charge on any atom is -0.369 e. The van der Waals surface area contributed by atoms with Crippen molar-refractivity contribution in [3.05, 3.63) is 47.5 Å². The van der Waals surface area contributed by atoms with Gasteiger partial charge in [-0.15, -0.1) is 0 Å². The molecule has 0 N–H and O–H groups in total. The predicted molar refractivity (Wildman–Crippen MR) is 62.9 cm³/mol. The van der Waals surface area contributed by atoms with E-state index in [1.807, 2.05) is 0 Å². The molecule has 1 aliphatic rings. The van der Waals surface area contributed by atoms with E-state index in [1.165, 1.54) is 11.1 Å². The van der Waals surface area contributed by atoms with Crippen LogP contribution in [0.15, 0.2) is 36.4 Å². The van der Waals surface area contributed by atoms with Crippen LogP contribution >= 0.6 is 0 Å². The van der Waals surface area contributed by atoms with Crippen molar-refractivity contribution in [2.24, 2.45) is 0 Å². The summed E-state index contributed by atoms with van der Waals surface area (Å²) in [6, 6.07) is 8.82. The molecule has 0 aliphatic carbocycles. The highest BCUT2D eigenvalue weighted by Crippen LogP contribution is 2.25. The second-order valence-electron chi connectivity index (χ2n) is 3.97. The van der Waals surface area contributed by atoms with Crippen molar-refractivity contribution >= 4 is 0 Å². The zero-order chi connectivity index (χ0) is 10.5. The molecule has 0 aromatic heterocycles. The van der Waals surface area contributed by atoms with Gasteiger partial charge < -0.3 is 4.74 Å². The van der Waals surface area contributed by atoms with Crippen LogP contribution in [0.2, 0.25) is 0 Å². The van der Waals surface area contributed by atoms with Crippen molar-refractivity contribution in [2.45, 2.75) is 32.3 Å². The Morgan fingerprint density at radius 1 is 1.20 bits per heavy atom. The maximum absolute atomic E-state index is 5.78. The van der Waals surface area contributed by atoms with Gasteiger partial charge in [-0.25, -0.2) is 0 Å². The summed E-state index contributed by atoms with van der Waals surface area (Å²) in [4.78, 5) is 0. The highest BCUT2D eigenvalue weighted by atomic mass is 16.5. The first-order chi connectivity index (χ1) is 7.40. The summed E-state index contributed by atoms with van der Waals surface area (Å²) in [5, 5.41) is 0. The van der Waals surface area contributed by atoms with Crippen molar-refractivity contribution in [1.82, 2.24) is 0 Å². The molecule has 1 atom stereocenters. The molecule has 1 nitrogen and oxygen atoms in total. The van der Waals surface area contributed by atoms with Crippen molar-refractivity contribution in [3.63, 3.8) is 0 Å². The predicted octanol–water partition coefficient (Wildman–Crippen LogP) is 3.66. The molecule has 1 aliphatic heterocycles.